The van der Waals surface area contributed by atoms with Crippen LogP contribution in [0.25, 0.3) is 0 Å². The lowest BCUT2D eigenvalue weighted by Gasteiger charge is -2.27. The Morgan fingerprint density at radius 3 is 2.25 bits per heavy atom. The Morgan fingerprint density at radius 1 is 1.33 bits per heavy atom. The second-order valence-corrected chi connectivity index (χ2v) is 2.53. The predicted octanol–water partition coefficient (Wildman–Crippen LogP) is 1.12. The van der Waals surface area contributed by atoms with Crippen molar-refractivity contribution in [1.29, 1.82) is 0 Å². The van der Waals surface area contributed by atoms with E-state index < -0.39 is 24.0 Å². The van der Waals surface area contributed by atoms with Gasteiger partial charge in [-0.3, -0.25) is 0 Å². The molecule has 0 fully saturated rings. The van der Waals surface area contributed by atoms with Crippen LogP contribution in [0.15, 0.2) is 23.8 Å². The monoisotopic (exact) mass is 180 g/mol. The summed E-state index contributed by atoms with van der Waals surface area (Å²) < 4.78 is 36.0. The first-order valence-corrected chi connectivity index (χ1v) is 3.23. The molecule has 0 saturated heterocycles. The third-order valence-corrected chi connectivity index (χ3v) is 1.54. The van der Waals surface area contributed by atoms with Crippen LogP contribution in [0, 0.1) is 0 Å². The molecule has 0 unspecified atom stereocenters. The summed E-state index contributed by atoms with van der Waals surface area (Å²) in [6, 6.07) is 0. The van der Waals surface area contributed by atoms with E-state index in [2.05, 4.69) is 0 Å². The quantitative estimate of drug-likeness (QED) is 0.548. The summed E-state index contributed by atoms with van der Waals surface area (Å²) in [5.41, 5.74) is -1.32. The van der Waals surface area contributed by atoms with Crippen LogP contribution in [0.5, 0.6) is 0 Å². The zero-order valence-electron chi connectivity index (χ0n) is 5.97. The summed E-state index contributed by atoms with van der Waals surface area (Å²) in [5, 5.41) is 17.8. The molecule has 0 aromatic heterocycles. The predicted molar refractivity (Wildman–Crippen MR) is 35.1 cm³/mol. The minimum atomic E-state index is -4.69. The van der Waals surface area contributed by atoms with Crippen molar-refractivity contribution in [2.75, 3.05) is 0 Å². The first-order valence-electron chi connectivity index (χ1n) is 3.23. The summed E-state index contributed by atoms with van der Waals surface area (Å²) in [7, 11) is 0. The maximum absolute atomic E-state index is 12.0. The minimum absolute atomic E-state index is 0.432. The van der Waals surface area contributed by atoms with Crippen LogP contribution in [-0.4, -0.2) is 22.2 Å². The van der Waals surface area contributed by atoms with E-state index in [-0.39, 0.29) is 0 Å². The van der Waals surface area contributed by atoms with Gasteiger partial charge in [0.1, 0.15) is 0 Å². The fourth-order valence-corrected chi connectivity index (χ4v) is 0.962. The SMILES string of the molecule is OC1(O)CC=CC=C1C(F)(F)F. The van der Waals surface area contributed by atoms with E-state index in [0.29, 0.717) is 6.08 Å². The van der Waals surface area contributed by atoms with Gasteiger partial charge in [-0.15, -0.1) is 0 Å². The van der Waals surface area contributed by atoms with Crippen molar-refractivity contribution in [2.45, 2.75) is 18.4 Å². The molecule has 0 atom stereocenters. The highest BCUT2D eigenvalue weighted by Gasteiger charge is 2.46. The third kappa shape index (κ3) is 1.67. The van der Waals surface area contributed by atoms with Gasteiger partial charge in [-0.1, -0.05) is 12.2 Å². The Morgan fingerprint density at radius 2 is 1.92 bits per heavy atom. The summed E-state index contributed by atoms with van der Waals surface area (Å²) in [5.74, 6) is -2.77. The van der Waals surface area contributed by atoms with Crippen molar-refractivity contribution >= 4 is 0 Å². The molecule has 2 nitrogen and oxygen atoms in total. The van der Waals surface area contributed by atoms with E-state index in [9.17, 15) is 13.2 Å². The first kappa shape index (κ1) is 9.28. The second-order valence-electron chi connectivity index (χ2n) is 2.53. The minimum Gasteiger partial charge on any atom is -0.362 e. The molecule has 68 valence electrons. The molecule has 5 heteroatoms. The summed E-state index contributed by atoms with van der Waals surface area (Å²) in [6.45, 7) is 0. The Labute approximate surface area is 66.6 Å². The first-order chi connectivity index (χ1) is 5.34. The Balaban J connectivity index is 3.01. The Bertz CT molecular complexity index is 238. The molecule has 1 rings (SSSR count). The molecular formula is C7H7F3O2. The average Bonchev–Trinajstić information content (AvgIpc) is 1.83. The van der Waals surface area contributed by atoms with E-state index >= 15 is 0 Å². The lowest BCUT2D eigenvalue weighted by Crippen LogP contribution is -2.38. The van der Waals surface area contributed by atoms with Crippen molar-refractivity contribution in [3.05, 3.63) is 23.8 Å². The number of rotatable bonds is 0. The smallest absolute Gasteiger partial charge is 0.362 e. The number of alkyl halides is 3. The van der Waals surface area contributed by atoms with Crippen LogP contribution < -0.4 is 0 Å². The molecule has 0 radical (unpaired) electrons. The molecule has 0 saturated carbocycles. The van der Waals surface area contributed by atoms with E-state index in [1.54, 1.807) is 0 Å². The van der Waals surface area contributed by atoms with Gasteiger partial charge in [0.25, 0.3) is 0 Å². The lowest BCUT2D eigenvalue weighted by atomic mass is 9.97. The molecule has 1 aliphatic carbocycles. The second kappa shape index (κ2) is 2.60. The average molecular weight is 180 g/mol. The Kier molecular flexibility index (Phi) is 2.01. The van der Waals surface area contributed by atoms with Crippen LogP contribution in [0.3, 0.4) is 0 Å². The summed E-state index contributed by atoms with van der Waals surface area (Å²) in [6.07, 6.45) is -2.06. The molecule has 0 aromatic rings. The van der Waals surface area contributed by atoms with Gasteiger partial charge in [0.2, 0.25) is 0 Å². The standard InChI is InChI=1S/C7H7F3O2/c8-7(9,10)5-3-1-2-4-6(5,11)12/h1-3,11-12H,4H2. The molecule has 0 aromatic carbocycles. The van der Waals surface area contributed by atoms with Gasteiger partial charge in [0.05, 0.1) is 5.57 Å². The molecular weight excluding hydrogens is 173 g/mol. The molecule has 0 spiro atoms. The van der Waals surface area contributed by atoms with Gasteiger partial charge in [-0.25, -0.2) is 0 Å². The molecule has 0 heterocycles. The fraction of sp³-hybridized carbons (Fsp3) is 0.429. The maximum atomic E-state index is 12.0. The van der Waals surface area contributed by atoms with E-state index in [0.717, 1.165) is 6.08 Å². The molecule has 0 aliphatic heterocycles. The zero-order valence-corrected chi connectivity index (χ0v) is 5.97. The van der Waals surface area contributed by atoms with E-state index in [4.69, 9.17) is 10.2 Å². The fourth-order valence-electron chi connectivity index (χ4n) is 0.962. The van der Waals surface area contributed by atoms with Crippen molar-refractivity contribution in [3.63, 3.8) is 0 Å². The van der Waals surface area contributed by atoms with E-state index in [1.165, 1.54) is 6.08 Å². The molecule has 1 aliphatic rings. The number of allylic oxidation sites excluding steroid dienone is 2. The zero-order chi connectivity index (χ0) is 9.41. The van der Waals surface area contributed by atoms with Crippen LogP contribution >= 0.6 is 0 Å². The third-order valence-electron chi connectivity index (χ3n) is 1.54. The van der Waals surface area contributed by atoms with Gasteiger partial charge in [-0.2, -0.15) is 13.2 Å². The number of aliphatic hydroxyl groups is 2. The normalized spacial score (nSPS) is 22.2. The van der Waals surface area contributed by atoms with Crippen molar-refractivity contribution in [1.82, 2.24) is 0 Å². The Hall–Kier alpha value is -0.810. The lowest BCUT2D eigenvalue weighted by molar-refractivity contribution is -0.186. The highest BCUT2D eigenvalue weighted by Crippen LogP contribution is 2.36. The number of halogens is 3. The van der Waals surface area contributed by atoms with Gasteiger partial charge in [0, 0.05) is 6.42 Å². The van der Waals surface area contributed by atoms with Crippen LogP contribution in [0.2, 0.25) is 0 Å². The van der Waals surface area contributed by atoms with Gasteiger partial charge in [-0.05, 0) is 6.08 Å². The molecule has 0 bridgehead atoms. The summed E-state index contributed by atoms with van der Waals surface area (Å²) in [4.78, 5) is 0. The van der Waals surface area contributed by atoms with Crippen molar-refractivity contribution < 1.29 is 23.4 Å². The van der Waals surface area contributed by atoms with Crippen molar-refractivity contribution in [3.8, 4) is 0 Å². The van der Waals surface area contributed by atoms with Crippen LogP contribution in [-0.2, 0) is 0 Å². The molecule has 2 N–H and O–H groups in total. The largest absolute Gasteiger partial charge is 0.417 e. The van der Waals surface area contributed by atoms with Gasteiger partial charge < -0.3 is 10.2 Å². The molecule has 12 heavy (non-hydrogen) atoms. The highest BCUT2D eigenvalue weighted by molar-refractivity contribution is 5.28. The number of hydrogen-bond acceptors (Lipinski definition) is 2. The topological polar surface area (TPSA) is 40.5 Å². The van der Waals surface area contributed by atoms with Crippen LogP contribution in [0.4, 0.5) is 13.2 Å². The highest BCUT2D eigenvalue weighted by atomic mass is 19.4. The van der Waals surface area contributed by atoms with Gasteiger partial charge in [0.15, 0.2) is 5.79 Å². The van der Waals surface area contributed by atoms with Crippen LogP contribution in [0.1, 0.15) is 6.42 Å². The van der Waals surface area contributed by atoms with Crippen molar-refractivity contribution in [2.24, 2.45) is 0 Å². The maximum Gasteiger partial charge on any atom is 0.417 e. The molecule has 0 amide bonds. The van der Waals surface area contributed by atoms with Gasteiger partial charge >= 0.3 is 6.18 Å². The number of hydrogen-bond donors (Lipinski definition) is 2. The van der Waals surface area contributed by atoms with E-state index in [1.807, 2.05) is 0 Å². The summed E-state index contributed by atoms with van der Waals surface area (Å²) >= 11 is 0.